The van der Waals surface area contributed by atoms with Crippen LogP contribution >= 0.6 is 0 Å². The van der Waals surface area contributed by atoms with E-state index in [0.717, 1.165) is 35.8 Å². The van der Waals surface area contributed by atoms with E-state index in [-0.39, 0.29) is 18.4 Å². The van der Waals surface area contributed by atoms with Gasteiger partial charge in [0.25, 0.3) is 0 Å². The summed E-state index contributed by atoms with van der Waals surface area (Å²) >= 11 is 0. The van der Waals surface area contributed by atoms with Crippen molar-refractivity contribution in [3.8, 4) is 5.75 Å². The summed E-state index contributed by atoms with van der Waals surface area (Å²) in [5.74, 6) is 0.368. The number of benzene rings is 2. The number of morpholine rings is 1. The van der Waals surface area contributed by atoms with Gasteiger partial charge < -0.3 is 24.6 Å². The van der Waals surface area contributed by atoms with Gasteiger partial charge in [0, 0.05) is 26.6 Å². The number of ether oxygens (including phenoxy) is 2. The van der Waals surface area contributed by atoms with Crippen LogP contribution in [-0.4, -0.2) is 56.7 Å². The first-order chi connectivity index (χ1) is 14.1. The van der Waals surface area contributed by atoms with Gasteiger partial charge in [-0.2, -0.15) is 0 Å². The average molecular weight is 397 g/mol. The number of hydrogen-bond donors (Lipinski definition) is 1. The lowest BCUT2D eigenvalue weighted by molar-refractivity contribution is -0.133. The molecule has 0 radical (unpaired) electrons. The number of carbonyl (C=O) groups excluding carboxylic acids is 2. The Labute approximate surface area is 171 Å². The quantitative estimate of drug-likeness (QED) is 0.777. The molecule has 2 aromatic carbocycles. The van der Waals surface area contributed by atoms with Crippen molar-refractivity contribution in [2.75, 3.05) is 50.2 Å². The molecule has 0 unspecified atom stereocenters. The molecule has 29 heavy (non-hydrogen) atoms. The summed E-state index contributed by atoms with van der Waals surface area (Å²) < 4.78 is 10.6. The molecular formula is C22H27N3O4. The lowest BCUT2D eigenvalue weighted by Crippen LogP contribution is -2.38. The Bertz CT molecular complexity index is 832. The number of para-hydroxylation sites is 2. The van der Waals surface area contributed by atoms with Crippen molar-refractivity contribution in [3.63, 3.8) is 0 Å². The van der Waals surface area contributed by atoms with Crippen molar-refractivity contribution in [1.29, 1.82) is 0 Å². The third-order valence-electron chi connectivity index (χ3n) is 4.84. The second-order valence-corrected chi connectivity index (χ2v) is 6.89. The van der Waals surface area contributed by atoms with E-state index < -0.39 is 0 Å². The third-order valence-corrected chi connectivity index (χ3v) is 4.84. The fourth-order valence-corrected chi connectivity index (χ4v) is 3.25. The molecule has 2 aromatic rings. The number of rotatable bonds is 7. The van der Waals surface area contributed by atoms with Crippen LogP contribution in [0.2, 0.25) is 0 Å². The highest BCUT2D eigenvalue weighted by atomic mass is 16.5. The minimum atomic E-state index is -0.227. The summed E-state index contributed by atoms with van der Waals surface area (Å²) in [6, 6.07) is 15.2. The van der Waals surface area contributed by atoms with Crippen molar-refractivity contribution in [2.45, 2.75) is 13.5 Å². The van der Waals surface area contributed by atoms with Crippen LogP contribution in [0.15, 0.2) is 48.5 Å². The van der Waals surface area contributed by atoms with Gasteiger partial charge in [0.2, 0.25) is 11.8 Å². The number of anilines is 2. The lowest BCUT2D eigenvalue weighted by Gasteiger charge is -2.30. The molecular weight excluding hydrogens is 370 g/mol. The summed E-state index contributed by atoms with van der Waals surface area (Å²) in [6.45, 7) is 4.72. The van der Waals surface area contributed by atoms with Gasteiger partial charge in [-0.3, -0.25) is 9.59 Å². The normalized spacial score (nSPS) is 13.7. The zero-order valence-electron chi connectivity index (χ0n) is 16.9. The van der Waals surface area contributed by atoms with Crippen molar-refractivity contribution in [2.24, 2.45) is 0 Å². The predicted molar refractivity (Wildman–Crippen MR) is 112 cm³/mol. The Kier molecular flexibility index (Phi) is 7.08. The topological polar surface area (TPSA) is 71.1 Å². The Balaban J connectivity index is 1.65. The number of nitrogens with one attached hydrogen (secondary N) is 1. The number of methoxy groups -OCH3 is 1. The largest absolute Gasteiger partial charge is 0.497 e. The van der Waals surface area contributed by atoms with Gasteiger partial charge >= 0.3 is 0 Å². The maximum atomic E-state index is 12.7. The van der Waals surface area contributed by atoms with Crippen LogP contribution in [0.25, 0.3) is 0 Å². The molecule has 7 nitrogen and oxygen atoms in total. The van der Waals surface area contributed by atoms with Gasteiger partial charge in [-0.1, -0.05) is 24.3 Å². The second-order valence-electron chi connectivity index (χ2n) is 6.89. The van der Waals surface area contributed by atoms with E-state index in [1.165, 1.54) is 11.8 Å². The molecule has 0 aromatic heterocycles. The summed E-state index contributed by atoms with van der Waals surface area (Å²) in [6.07, 6.45) is 0. The van der Waals surface area contributed by atoms with E-state index in [4.69, 9.17) is 9.47 Å². The van der Waals surface area contributed by atoms with Gasteiger partial charge in [-0.05, 0) is 29.8 Å². The predicted octanol–water partition coefficient (Wildman–Crippen LogP) is 2.52. The number of carbonyl (C=O) groups is 2. The van der Waals surface area contributed by atoms with Crippen LogP contribution < -0.4 is 15.0 Å². The monoisotopic (exact) mass is 397 g/mol. The molecule has 154 valence electrons. The molecule has 0 saturated carbocycles. The summed E-state index contributed by atoms with van der Waals surface area (Å²) in [5.41, 5.74) is 2.64. The maximum Gasteiger partial charge on any atom is 0.244 e. The summed E-state index contributed by atoms with van der Waals surface area (Å²) in [4.78, 5) is 28.5. The van der Waals surface area contributed by atoms with E-state index >= 15 is 0 Å². The number of hydrogen-bond acceptors (Lipinski definition) is 5. The van der Waals surface area contributed by atoms with Crippen molar-refractivity contribution in [3.05, 3.63) is 54.1 Å². The fraction of sp³-hybridized carbons (Fsp3) is 0.364. The van der Waals surface area contributed by atoms with Crippen molar-refractivity contribution in [1.82, 2.24) is 4.90 Å². The molecule has 0 atom stereocenters. The van der Waals surface area contributed by atoms with E-state index in [2.05, 4.69) is 10.2 Å². The summed E-state index contributed by atoms with van der Waals surface area (Å²) in [7, 11) is 1.61. The molecule has 1 aliphatic heterocycles. The van der Waals surface area contributed by atoms with Crippen molar-refractivity contribution >= 4 is 23.2 Å². The first-order valence-corrected chi connectivity index (χ1v) is 9.67. The molecule has 0 spiro atoms. The van der Waals surface area contributed by atoms with E-state index in [9.17, 15) is 9.59 Å². The molecule has 0 bridgehead atoms. The molecule has 1 fully saturated rings. The van der Waals surface area contributed by atoms with Crippen LogP contribution in [0.4, 0.5) is 11.4 Å². The molecule has 7 heteroatoms. The molecule has 3 rings (SSSR count). The first-order valence-electron chi connectivity index (χ1n) is 9.67. The van der Waals surface area contributed by atoms with Crippen LogP contribution in [-0.2, 0) is 20.9 Å². The second kappa shape index (κ2) is 9.93. The highest BCUT2D eigenvalue weighted by Crippen LogP contribution is 2.26. The SMILES string of the molecule is COc1ccc(CN(CC(=O)Nc2ccccc2N2CCOCC2)C(C)=O)cc1. The maximum absolute atomic E-state index is 12.7. The third kappa shape index (κ3) is 5.71. The van der Waals surface area contributed by atoms with Gasteiger partial charge in [0.05, 0.1) is 31.7 Å². The van der Waals surface area contributed by atoms with Crippen LogP contribution in [0.5, 0.6) is 5.75 Å². The highest BCUT2D eigenvalue weighted by Gasteiger charge is 2.18. The fourth-order valence-electron chi connectivity index (χ4n) is 3.25. The minimum Gasteiger partial charge on any atom is -0.497 e. The van der Waals surface area contributed by atoms with E-state index in [1.54, 1.807) is 7.11 Å². The Morgan fingerprint density at radius 1 is 1.10 bits per heavy atom. The van der Waals surface area contributed by atoms with Crippen LogP contribution in [0, 0.1) is 0 Å². The summed E-state index contributed by atoms with van der Waals surface area (Å²) in [5, 5.41) is 2.96. The highest BCUT2D eigenvalue weighted by molar-refractivity contribution is 5.97. The van der Waals surface area contributed by atoms with Crippen molar-refractivity contribution < 1.29 is 19.1 Å². The molecule has 1 heterocycles. The first kappa shape index (κ1) is 20.7. The zero-order valence-corrected chi connectivity index (χ0v) is 16.9. The molecule has 1 aliphatic rings. The standard InChI is InChI=1S/C22H27N3O4/c1-17(26)25(15-18-7-9-19(28-2)10-8-18)16-22(27)23-20-5-3-4-6-21(20)24-11-13-29-14-12-24/h3-10H,11-16H2,1-2H3,(H,23,27). The molecule has 2 amide bonds. The number of amides is 2. The number of nitrogens with zero attached hydrogens (tertiary/aromatic N) is 2. The average Bonchev–Trinajstić information content (AvgIpc) is 2.74. The lowest BCUT2D eigenvalue weighted by atomic mass is 10.2. The van der Waals surface area contributed by atoms with Gasteiger partial charge in [-0.25, -0.2) is 0 Å². The zero-order chi connectivity index (χ0) is 20.6. The smallest absolute Gasteiger partial charge is 0.244 e. The molecule has 1 saturated heterocycles. The van der Waals surface area contributed by atoms with Crippen LogP contribution in [0.1, 0.15) is 12.5 Å². The van der Waals surface area contributed by atoms with E-state index in [1.807, 2.05) is 48.5 Å². The Morgan fingerprint density at radius 3 is 2.45 bits per heavy atom. The van der Waals surface area contributed by atoms with Gasteiger partial charge in [-0.15, -0.1) is 0 Å². The van der Waals surface area contributed by atoms with E-state index in [0.29, 0.717) is 19.8 Å². The van der Waals surface area contributed by atoms with Crippen LogP contribution in [0.3, 0.4) is 0 Å². The van der Waals surface area contributed by atoms with Gasteiger partial charge in [0.15, 0.2) is 0 Å². The Morgan fingerprint density at radius 2 is 1.79 bits per heavy atom. The molecule has 1 N–H and O–H groups in total. The van der Waals surface area contributed by atoms with Gasteiger partial charge in [0.1, 0.15) is 12.3 Å². The Hall–Kier alpha value is -3.06. The minimum absolute atomic E-state index is 0.0151. The molecule has 0 aliphatic carbocycles.